The lowest BCUT2D eigenvalue weighted by atomic mass is 9.38. The number of nitrogens with zero attached hydrogens (tertiary/aromatic N) is 1. The van der Waals surface area contributed by atoms with E-state index in [2.05, 4.69) is 25.5 Å². The Hall–Kier alpha value is -1.53. The van der Waals surface area contributed by atoms with Gasteiger partial charge in [0.25, 0.3) is 0 Å². The second kappa shape index (κ2) is 5.02. The van der Waals surface area contributed by atoms with Crippen LogP contribution in [0.1, 0.15) is 39.5 Å². The molecule has 1 heterocycles. The number of fused-ring (bicyclic) bond motifs is 1. The summed E-state index contributed by atoms with van der Waals surface area (Å²) in [6.45, 7) is 8.39. The molecule has 29 heavy (non-hydrogen) atoms. The van der Waals surface area contributed by atoms with Crippen LogP contribution in [0.3, 0.4) is 0 Å². The molecule has 1 aliphatic heterocycles. The molecule has 0 aromatic carbocycles. The molecule has 1 N–H and O–H groups in total. The Morgan fingerprint density at radius 3 is 2.69 bits per heavy atom. The van der Waals surface area contributed by atoms with Crippen LogP contribution in [0, 0.1) is 39.9 Å². The standard InChI is InChI=1S/C23H29NO5/c1-10-13-5-15-22(20(10)28)8-14(26)18-21(3)6-12(29-11(2)25)7-23(15,18)19(24(4)9-21)16(22)17(13)27/h12-13,15-16,18-20,28H,1,5-9H2,2-4H3/t12-,13+,15-,16-,18-,19-,20+,21+,22+,23-/m1/s1. The number of likely N-dealkylation sites (tertiary alicyclic amines) is 1. The number of ketones is 2. The van der Waals surface area contributed by atoms with Crippen molar-refractivity contribution in [3.05, 3.63) is 12.2 Å². The molecule has 7 fully saturated rings. The van der Waals surface area contributed by atoms with E-state index in [-0.39, 0.29) is 65.2 Å². The maximum Gasteiger partial charge on any atom is 0.302 e. The molecular formula is C23H29NO5. The second-order valence-corrected chi connectivity index (χ2v) is 11.2. The summed E-state index contributed by atoms with van der Waals surface area (Å²) < 4.78 is 5.74. The molecule has 6 aliphatic carbocycles. The first-order chi connectivity index (χ1) is 13.6. The quantitative estimate of drug-likeness (QED) is 0.530. The van der Waals surface area contributed by atoms with Gasteiger partial charge in [-0.2, -0.15) is 0 Å². The van der Waals surface area contributed by atoms with Gasteiger partial charge in [-0.3, -0.25) is 14.4 Å². The van der Waals surface area contributed by atoms with E-state index in [0.717, 1.165) is 0 Å². The molecule has 6 heteroatoms. The van der Waals surface area contributed by atoms with E-state index < -0.39 is 16.9 Å². The van der Waals surface area contributed by atoms with Gasteiger partial charge in [-0.25, -0.2) is 0 Å². The van der Waals surface area contributed by atoms with E-state index in [1.165, 1.54) is 6.92 Å². The predicted molar refractivity (Wildman–Crippen MR) is 103 cm³/mol. The SMILES string of the molecule is C=C1[C@@H]2C[C@@H]3[C@]4(CC(=O)[C@@H]5[C@@]6(C)C[C@@H](OC(C)=O)C[C@@]35[C@@H]([C@H]4C2=O)N(C)C6)[C@H]1O. The van der Waals surface area contributed by atoms with Gasteiger partial charge in [0.05, 0.1) is 6.10 Å². The van der Waals surface area contributed by atoms with Gasteiger partial charge in [-0.05, 0) is 43.2 Å². The molecule has 10 atom stereocenters. The van der Waals surface area contributed by atoms with Crippen molar-refractivity contribution >= 4 is 17.5 Å². The molecule has 0 aromatic heterocycles. The summed E-state index contributed by atoms with van der Waals surface area (Å²) in [4.78, 5) is 41.4. The highest BCUT2D eigenvalue weighted by molar-refractivity contribution is 5.96. The lowest BCUT2D eigenvalue weighted by Crippen LogP contribution is -2.71. The lowest BCUT2D eigenvalue weighted by Gasteiger charge is -2.67. The molecule has 156 valence electrons. The molecule has 0 radical (unpaired) electrons. The fourth-order valence-electron chi connectivity index (χ4n) is 9.92. The third-order valence-corrected chi connectivity index (χ3v) is 9.90. The van der Waals surface area contributed by atoms with Crippen LogP contribution >= 0.6 is 0 Å². The van der Waals surface area contributed by atoms with E-state index in [9.17, 15) is 19.5 Å². The van der Waals surface area contributed by atoms with Crippen molar-refractivity contribution < 1.29 is 24.2 Å². The third-order valence-electron chi connectivity index (χ3n) is 9.90. The van der Waals surface area contributed by atoms with Crippen LogP contribution in [-0.2, 0) is 19.1 Å². The Morgan fingerprint density at radius 2 is 2.00 bits per heavy atom. The maximum atomic E-state index is 13.7. The van der Waals surface area contributed by atoms with Crippen molar-refractivity contribution in [3.63, 3.8) is 0 Å². The van der Waals surface area contributed by atoms with Gasteiger partial charge in [0.2, 0.25) is 0 Å². The molecule has 2 spiro atoms. The molecule has 7 rings (SSSR count). The summed E-state index contributed by atoms with van der Waals surface area (Å²) in [7, 11) is 2.08. The normalized spacial score (nSPS) is 57.2. The first-order valence-electron chi connectivity index (χ1n) is 10.9. The van der Waals surface area contributed by atoms with Gasteiger partial charge in [0, 0.05) is 54.5 Å². The van der Waals surface area contributed by atoms with Crippen LogP contribution in [0.2, 0.25) is 0 Å². The summed E-state index contributed by atoms with van der Waals surface area (Å²) in [6.07, 6.45) is 1.23. The van der Waals surface area contributed by atoms with E-state index in [1.807, 2.05) is 0 Å². The Kier molecular flexibility index (Phi) is 3.16. The zero-order valence-electron chi connectivity index (χ0n) is 17.3. The van der Waals surface area contributed by atoms with Gasteiger partial charge >= 0.3 is 5.97 Å². The van der Waals surface area contributed by atoms with Crippen LogP contribution in [0.5, 0.6) is 0 Å². The van der Waals surface area contributed by atoms with Crippen LogP contribution in [0.4, 0.5) is 0 Å². The largest absolute Gasteiger partial charge is 0.463 e. The maximum absolute atomic E-state index is 13.7. The molecular weight excluding hydrogens is 370 g/mol. The summed E-state index contributed by atoms with van der Waals surface area (Å²) in [5, 5.41) is 11.4. The minimum atomic E-state index is -0.799. The summed E-state index contributed by atoms with van der Waals surface area (Å²) in [5.41, 5.74) is -0.809. The smallest absolute Gasteiger partial charge is 0.302 e. The number of carbonyl (C=O) groups is 3. The molecule has 6 bridgehead atoms. The van der Waals surface area contributed by atoms with Crippen molar-refractivity contribution in [2.45, 2.75) is 57.8 Å². The number of Topliss-reactive ketones (excluding diaryl/α,β-unsaturated/α-hetero) is 2. The van der Waals surface area contributed by atoms with Crippen molar-refractivity contribution in [3.8, 4) is 0 Å². The molecule has 1 saturated heterocycles. The minimum absolute atomic E-state index is 0.0735. The Labute approximate surface area is 170 Å². The first kappa shape index (κ1) is 18.3. The summed E-state index contributed by atoms with van der Waals surface area (Å²) in [6, 6.07) is -0.0735. The molecule has 6 saturated carbocycles. The van der Waals surface area contributed by atoms with E-state index >= 15 is 0 Å². The van der Waals surface area contributed by atoms with Crippen LogP contribution < -0.4 is 0 Å². The van der Waals surface area contributed by atoms with E-state index in [0.29, 0.717) is 31.4 Å². The van der Waals surface area contributed by atoms with Crippen LogP contribution in [0.25, 0.3) is 0 Å². The highest BCUT2D eigenvalue weighted by atomic mass is 16.5. The summed E-state index contributed by atoms with van der Waals surface area (Å²) >= 11 is 0. The van der Waals surface area contributed by atoms with E-state index in [1.54, 1.807) is 0 Å². The second-order valence-electron chi connectivity index (χ2n) is 11.2. The fourth-order valence-corrected chi connectivity index (χ4v) is 9.92. The average Bonchev–Trinajstić information content (AvgIpc) is 2.69. The monoisotopic (exact) mass is 399 g/mol. The van der Waals surface area contributed by atoms with Crippen molar-refractivity contribution in [1.82, 2.24) is 4.90 Å². The molecule has 0 unspecified atom stereocenters. The Morgan fingerprint density at radius 1 is 1.28 bits per heavy atom. The first-order valence-corrected chi connectivity index (χ1v) is 10.9. The van der Waals surface area contributed by atoms with Gasteiger partial charge in [-0.15, -0.1) is 0 Å². The number of rotatable bonds is 1. The van der Waals surface area contributed by atoms with Gasteiger partial charge < -0.3 is 14.7 Å². The van der Waals surface area contributed by atoms with Gasteiger partial charge in [-0.1, -0.05) is 13.5 Å². The number of piperidine rings is 1. The number of hydrogen-bond acceptors (Lipinski definition) is 6. The van der Waals surface area contributed by atoms with Crippen molar-refractivity contribution in [2.24, 2.45) is 39.9 Å². The average molecular weight is 399 g/mol. The number of carbonyl (C=O) groups excluding carboxylic acids is 3. The van der Waals surface area contributed by atoms with Crippen molar-refractivity contribution in [1.29, 1.82) is 0 Å². The van der Waals surface area contributed by atoms with Crippen molar-refractivity contribution in [2.75, 3.05) is 13.6 Å². The van der Waals surface area contributed by atoms with Gasteiger partial charge in [0.1, 0.15) is 17.7 Å². The van der Waals surface area contributed by atoms with E-state index in [4.69, 9.17) is 4.74 Å². The minimum Gasteiger partial charge on any atom is -0.463 e. The number of esters is 1. The van der Waals surface area contributed by atoms with Crippen LogP contribution in [0.15, 0.2) is 12.2 Å². The van der Waals surface area contributed by atoms with Gasteiger partial charge in [0.15, 0.2) is 0 Å². The highest BCUT2D eigenvalue weighted by Gasteiger charge is 2.85. The molecule has 0 aromatic rings. The molecule has 6 nitrogen and oxygen atoms in total. The predicted octanol–water partition coefficient (Wildman–Crippen LogP) is 1.36. The van der Waals surface area contributed by atoms with Crippen LogP contribution in [-0.4, -0.2) is 59.4 Å². The third kappa shape index (κ3) is 1.70. The Balaban J connectivity index is 1.61. The number of aliphatic hydroxyl groups is 1. The highest BCUT2D eigenvalue weighted by Crippen LogP contribution is 2.81. The molecule has 0 amide bonds. The number of ether oxygens (including phenoxy) is 1. The fraction of sp³-hybridized carbons (Fsp3) is 0.783. The lowest BCUT2D eigenvalue weighted by molar-refractivity contribution is -0.214. The zero-order chi connectivity index (χ0) is 20.7. The summed E-state index contributed by atoms with van der Waals surface area (Å²) in [5.74, 6) is -0.576. The zero-order valence-corrected chi connectivity index (χ0v) is 17.3. The Bertz CT molecular complexity index is 898. The number of aliphatic hydroxyl groups excluding tert-OH is 1. The topological polar surface area (TPSA) is 83.9 Å². The molecule has 7 aliphatic rings. The number of hydrogen-bond donors (Lipinski definition) is 1.